The monoisotopic (exact) mass is 333 g/mol. The first-order valence-corrected chi connectivity index (χ1v) is 7.90. The van der Waals surface area contributed by atoms with Crippen molar-refractivity contribution in [3.63, 3.8) is 0 Å². The number of hydrogen-bond acceptors (Lipinski definition) is 3. The highest BCUT2D eigenvalue weighted by Crippen LogP contribution is 2.25. The van der Waals surface area contributed by atoms with Crippen LogP contribution in [0.3, 0.4) is 0 Å². The van der Waals surface area contributed by atoms with E-state index in [0.717, 1.165) is 33.7 Å². The average Bonchev–Trinajstić information content (AvgIpc) is 3.05. The minimum absolute atomic E-state index is 0.253. The van der Waals surface area contributed by atoms with Crippen LogP contribution in [0.15, 0.2) is 66.7 Å². The standard InChI is InChI=1S/C20H16FN3O/c21-15-6-4-13(5-7-15)12-25-17-3-1-2-14(10-17)20-23-18-9-8-16(22)11-19(18)24-20/h1-11H,12,22H2,(H,23,24). The molecule has 4 rings (SSSR count). The fourth-order valence-corrected chi connectivity index (χ4v) is 2.64. The summed E-state index contributed by atoms with van der Waals surface area (Å²) in [7, 11) is 0. The second-order valence-electron chi connectivity index (χ2n) is 5.80. The third kappa shape index (κ3) is 3.30. The molecule has 1 heterocycles. The number of nitrogens with two attached hydrogens (primary N) is 1. The zero-order valence-corrected chi connectivity index (χ0v) is 13.4. The molecule has 3 N–H and O–H groups in total. The molecule has 0 aliphatic carbocycles. The van der Waals surface area contributed by atoms with Crippen LogP contribution in [0.1, 0.15) is 5.56 Å². The van der Waals surface area contributed by atoms with E-state index in [0.29, 0.717) is 12.3 Å². The zero-order valence-electron chi connectivity index (χ0n) is 13.4. The van der Waals surface area contributed by atoms with Crippen molar-refractivity contribution in [3.8, 4) is 17.1 Å². The molecule has 0 aliphatic heterocycles. The van der Waals surface area contributed by atoms with Crippen molar-refractivity contribution in [2.75, 3.05) is 5.73 Å². The van der Waals surface area contributed by atoms with Gasteiger partial charge in [0, 0.05) is 11.3 Å². The van der Waals surface area contributed by atoms with E-state index in [4.69, 9.17) is 10.5 Å². The zero-order chi connectivity index (χ0) is 17.2. The van der Waals surface area contributed by atoms with E-state index in [1.54, 1.807) is 12.1 Å². The topological polar surface area (TPSA) is 63.9 Å². The Bertz CT molecular complexity index is 1020. The van der Waals surface area contributed by atoms with Crippen LogP contribution in [-0.2, 0) is 6.61 Å². The first kappa shape index (κ1) is 15.2. The van der Waals surface area contributed by atoms with Gasteiger partial charge in [0.1, 0.15) is 24.0 Å². The lowest BCUT2D eigenvalue weighted by Gasteiger charge is -2.07. The summed E-state index contributed by atoms with van der Waals surface area (Å²) in [4.78, 5) is 7.86. The molecule has 124 valence electrons. The Labute approximate surface area is 144 Å². The Balaban J connectivity index is 1.56. The molecule has 0 bridgehead atoms. The molecule has 0 atom stereocenters. The number of ether oxygens (including phenoxy) is 1. The van der Waals surface area contributed by atoms with Gasteiger partial charge in [0.15, 0.2) is 0 Å². The number of nitrogens with zero attached hydrogens (tertiary/aromatic N) is 1. The van der Waals surface area contributed by atoms with Crippen LogP contribution in [0.5, 0.6) is 5.75 Å². The molecule has 0 fully saturated rings. The summed E-state index contributed by atoms with van der Waals surface area (Å²) in [5, 5.41) is 0. The number of H-pyrrole nitrogens is 1. The van der Waals surface area contributed by atoms with Crippen molar-refractivity contribution in [1.82, 2.24) is 9.97 Å². The number of nitrogen functional groups attached to an aromatic ring is 1. The van der Waals surface area contributed by atoms with Crippen molar-refractivity contribution >= 4 is 16.7 Å². The molecule has 5 heteroatoms. The maximum Gasteiger partial charge on any atom is 0.138 e. The summed E-state index contributed by atoms with van der Waals surface area (Å²) >= 11 is 0. The third-order valence-electron chi connectivity index (χ3n) is 3.93. The lowest BCUT2D eigenvalue weighted by molar-refractivity contribution is 0.306. The largest absolute Gasteiger partial charge is 0.489 e. The van der Waals surface area contributed by atoms with Gasteiger partial charge in [0.25, 0.3) is 0 Å². The maximum absolute atomic E-state index is 12.9. The van der Waals surface area contributed by atoms with Gasteiger partial charge >= 0.3 is 0 Å². The van der Waals surface area contributed by atoms with E-state index >= 15 is 0 Å². The van der Waals surface area contributed by atoms with Crippen LogP contribution in [0.25, 0.3) is 22.4 Å². The molecule has 0 spiro atoms. The number of imidazole rings is 1. The smallest absolute Gasteiger partial charge is 0.138 e. The number of halogens is 1. The number of anilines is 1. The van der Waals surface area contributed by atoms with Crippen LogP contribution in [0.4, 0.5) is 10.1 Å². The SMILES string of the molecule is Nc1ccc2nc(-c3cccc(OCc4ccc(F)cc4)c3)[nH]c2c1. The summed E-state index contributed by atoms with van der Waals surface area (Å²) < 4.78 is 18.7. The van der Waals surface area contributed by atoms with Crippen LogP contribution in [0.2, 0.25) is 0 Å². The highest BCUT2D eigenvalue weighted by atomic mass is 19.1. The summed E-state index contributed by atoms with van der Waals surface area (Å²) in [6.45, 7) is 0.375. The van der Waals surface area contributed by atoms with Crippen molar-refractivity contribution in [3.05, 3.63) is 78.1 Å². The molecule has 25 heavy (non-hydrogen) atoms. The molecular formula is C20H16FN3O. The number of nitrogens with one attached hydrogen (secondary N) is 1. The number of aromatic amines is 1. The predicted molar refractivity (Wildman–Crippen MR) is 96.7 cm³/mol. The van der Waals surface area contributed by atoms with Gasteiger partial charge in [0.05, 0.1) is 11.0 Å². The van der Waals surface area contributed by atoms with Gasteiger partial charge < -0.3 is 15.5 Å². The van der Waals surface area contributed by atoms with E-state index in [2.05, 4.69) is 9.97 Å². The molecule has 4 nitrogen and oxygen atoms in total. The third-order valence-corrected chi connectivity index (χ3v) is 3.93. The maximum atomic E-state index is 12.9. The van der Waals surface area contributed by atoms with E-state index in [1.807, 2.05) is 42.5 Å². The first-order chi connectivity index (χ1) is 12.2. The summed E-state index contributed by atoms with van der Waals surface area (Å²) in [6, 6.07) is 19.5. The van der Waals surface area contributed by atoms with Gasteiger partial charge in [-0.3, -0.25) is 0 Å². The summed E-state index contributed by atoms with van der Waals surface area (Å²) in [5.41, 5.74) is 10.1. The van der Waals surface area contributed by atoms with Gasteiger partial charge in [0.2, 0.25) is 0 Å². The molecule has 0 radical (unpaired) electrons. The number of benzene rings is 3. The number of hydrogen-bond donors (Lipinski definition) is 2. The molecule has 0 aliphatic rings. The fraction of sp³-hybridized carbons (Fsp3) is 0.0500. The molecular weight excluding hydrogens is 317 g/mol. The van der Waals surface area contributed by atoms with Gasteiger partial charge in [-0.2, -0.15) is 0 Å². The van der Waals surface area contributed by atoms with Crippen molar-refractivity contribution < 1.29 is 9.13 Å². The van der Waals surface area contributed by atoms with Crippen LogP contribution < -0.4 is 10.5 Å². The number of rotatable bonds is 4. The lowest BCUT2D eigenvalue weighted by Crippen LogP contribution is -1.95. The van der Waals surface area contributed by atoms with Gasteiger partial charge in [-0.25, -0.2) is 9.37 Å². The number of aromatic nitrogens is 2. The minimum Gasteiger partial charge on any atom is -0.489 e. The van der Waals surface area contributed by atoms with Crippen molar-refractivity contribution in [2.24, 2.45) is 0 Å². The highest BCUT2D eigenvalue weighted by molar-refractivity contribution is 5.82. The van der Waals surface area contributed by atoms with Crippen LogP contribution in [-0.4, -0.2) is 9.97 Å². The van der Waals surface area contributed by atoms with Gasteiger partial charge in [-0.1, -0.05) is 24.3 Å². The Morgan fingerprint density at radius 1 is 1.00 bits per heavy atom. The predicted octanol–water partition coefficient (Wildman–Crippen LogP) is 4.53. The second-order valence-corrected chi connectivity index (χ2v) is 5.80. The normalized spacial score (nSPS) is 10.9. The van der Waals surface area contributed by atoms with Crippen LogP contribution >= 0.6 is 0 Å². The molecule has 4 aromatic rings. The second kappa shape index (κ2) is 6.28. The number of fused-ring (bicyclic) bond motifs is 1. The molecule has 0 unspecified atom stereocenters. The molecule has 1 aromatic heterocycles. The first-order valence-electron chi connectivity index (χ1n) is 7.90. The molecule has 0 saturated heterocycles. The highest BCUT2D eigenvalue weighted by Gasteiger charge is 2.07. The molecule has 3 aromatic carbocycles. The Hall–Kier alpha value is -3.34. The molecule has 0 amide bonds. The quantitative estimate of drug-likeness (QED) is 0.539. The van der Waals surface area contributed by atoms with Gasteiger partial charge in [-0.05, 0) is 48.0 Å². The van der Waals surface area contributed by atoms with E-state index < -0.39 is 0 Å². The fourth-order valence-electron chi connectivity index (χ4n) is 2.64. The van der Waals surface area contributed by atoms with E-state index in [-0.39, 0.29) is 5.82 Å². The van der Waals surface area contributed by atoms with E-state index in [1.165, 1.54) is 12.1 Å². The van der Waals surface area contributed by atoms with Crippen molar-refractivity contribution in [1.29, 1.82) is 0 Å². The Kier molecular flexibility index (Phi) is 3.82. The molecule has 0 saturated carbocycles. The summed E-state index contributed by atoms with van der Waals surface area (Å²) in [6.07, 6.45) is 0. The van der Waals surface area contributed by atoms with Crippen molar-refractivity contribution in [2.45, 2.75) is 6.61 Å². The van der Waals surface area contributed by atoms with E-state index in [9.17, 15) is 4.39 Å². The van der Waals surface area contributed by atoms with Crippen LogP contribution in [0, 0.1) is 5.82 Å². The summed E-state index contributed by atoms with van der Waals surface area (Å²) in [5.74, 6) is 1.23. The Morgan fingerprint density at radius 3 is 2.68 bits per heavy atom. The van der Waals surface area contributed by atoms with Gasteiger partial charge in [-0.15, -0.1) is 0 Å². The Morgan fingerprint density at radius 2 is 1.84 bits per heavy atom. The average molecular weight is 333 g/mol. The lowest BCUT2D eigenvalue weighted by atomic mass is 10.2. The minimum atomic E-state index is -0.253.